The molecule has 1 saturated heterocycles. The van der Waals surface area contributed by atoms with Gasteiger partial charge in [0.05, 0.1) is 0 Å². The van der Waals surface area contributed by atoms with E-state index in [0.29, 0.717) is 0 Å². The molecule has 0 bridgehead atoms. The molecular weight excluding hydrogens is 174 g/mol. The summed E-state index contributed by atoms with van der Waals surface area (Å²) in [4.78, 5) is 4.85. The van der Waals surface area contributed by atoms with Gasteiger partial charge in [-0.25, -0.2) is 0 Å². The quantitative estimate of drug-likeness (QED) is 0.710. The molecule has 1 heterocycles. The predicted molar refractivity (Wildman–Crippen MR) is 61.6 cm³/mol. The van der Waals surface area contributed by atoms with Crippen LogP contribution in [-0.2, 0) is 0 Å². The molecule has 0 radical (unpaired) electrons. The van der Waals surface area contributed by atoms with Gasteiger partial charge in [-0.2, -0.15) is 0 Å². The monoisotopic (exact) mass is 199 g/mol. The van der Waals surface area contributed by atoms with Gasteiger partial charge < -0.3 is 15.1 Å². The number of nitrogens with one attached hydrogen (secondary N) is 1. The Morgan fingerprint density at radius 3 is 2.93 bits per heavy atom. The molecule has 0 aromatic carbocycles. The van der Waals surface area contributed by atoms with Crippen LogP contribution in [0.15, 0.2) is 0 Å². The number of rotatable bonds is 4. The summed E-state index contributed by atoms with van der Waals surface area (Å²) < 4.78 is 0. The molecule has 1 atom stereocenters. The lowest BCUT2D eigenvalue weighted by atomic mass is 10.2. The maximum Gasteiger partial charge on any atom is 0.0107 e. The maximum atomic E-state index is 3.47. The summed E-state index contributed by atoms with van der Waals surface area (Å²) >= 11 is 0. The van der Waals surface area contributed by atoms with Crippen molar-refractivity contribution in [1.29, 1.82) is 0 Å². The third-order valence-corrected chi connectivity index (χ3v) is 2.75. The van der Waals surface area contributed by atoms with Crippen molar-refractivity contribution in [2.45, 2.75) is 13.3 Å². The van der Waals surface area contributed by atoms with Crippen molar-refractivity contribution in [2.75, 3.05) is 53.4 Å². The second-order valence-corrected chi connectivity index (χ2v) is 4.77. The molecule has 84 valence electrons. The topological polar surface area (TPSA) is 18.5 Å². The Hall–Kier alpha value is -0.120. The molecule has 0 saturated carbocycles. The predicted octanol–water partition coefficient (Wildman–Crippen LogP) is 0.479. The Kier molecular flexibility index (Phi) is 5.45. The van der Waals surface area contributed by atoms with Gasteiger partial charge in [-0.1, -0.05) is 6.92 Å². The second-order valence-electron chi connectivity index (χ2n) is 4.77. The van der Waals surface area contributed by atoms with E-state index in [1.807, 2.05) is 0 Å². The van der Waals surface area contributed by atoms with Crippen molar-refractivity contribution in [3.63, 3.8) is 0 Å². The molecule has 1 unspecified atom stereocenters. The van der Waals surface area contributed by atoms with E-state index in [-0.39, 0.29) is 0 Å². The molecule has 14 heavy (non-hydrogen) atoms. The number of hydrogen-bond acceptors (Lipinski definition) is 3. The zero-order valence-electron chi connectivity index (χ0n) is 9.92. The highest BCUT2D eigenvalue weighted by molar-refractivity contribution is 4.70. The second kappa shape index (κ2) is 6.38. The van der Waals surface area contributed by atoms with Crippen molar-refractivity contribution in [2.24, 2.45) is 5.92 Å². The summed E-state index contributed by atoms with van der Waals surface area (Å²) in [7, 11) is 4.29. The first-order chi connectivity index (χ1) is 6.68. The van der Waals surface area contributed by atoms with Crippen molar-refractivity contribution < 1.29 is 0 Å². The van der Waals surface area contributed by atoms with Gasteiger partial charge in [-0.15, -0.1) is 0 Å². The first-order valence-corrected chi connectivity index (χ1v) is 5.76. The molecule has 1 rings (SSSR count). The molecule has 3 heteroatoms. The standard InChI is InChI=1S/C11H25N3/c1-11-9-12-5-8-14(10-11)7-4-6-13(2)3/h11-12H,4-10H2,1-3H3. The Morgan fingerprint density at radius 2 is 2.21 bits per heavy atom. The summed E-state index contributed by atoms with van der Waals surface area (Å²) in [5.41, 5.74) is 0. The van der Waals surface area contributed by atoms with E-state index < -0.39 is 0 Å². The zero-order valence-corrected chi connectivity index (χ0v) is 9.92. The molecule has 1 fully saturated rings. The van der Waals surface area contributed by atoms with Crippen LogP contribution >= 0.6 is 0 Å². The number of hydrogen-bond donors (Lipinski definition) is 1. The van der Waals surface area contributed by atoms with Crippen LogP contribution in [0.25, 0.3) is 0 Å². The van der Waals surface area contributed by atoms with Crippen molar-refractivity contribution >= 4 is 0 Å². The van der Waals surface area contributed by atoms with Gasteiger partial charge in [0.15, 0.2) is 0 Å². The fourth-order valence-electron chi connectivity index (χ4n) is 2.00. The van der Waals surface area contributed by atoms with Crippen LogP contribution in [0.4, 0.5) is 0 Å². The Labute approximate surface area is 88.5 Å². The van der Waals surface area contributed by atoms with E-state index in [1.165, 1.54) is 39.1 Å². The van der Waals surface area contributed by atoms with Crippen molar-refractivity contribution in [3.05, 3.63) is 0 Å². The Morgan fingerprint density at radius 1 is 1.43 bits per heavy atom. The maximum absolute atomic E-state index is 3.47. The minimum Gasteiger partial charge on any atom is -0.315 e. The van der Waals surface area contributed by atoms with Crippen LogP contribution in [0.1, 0.15) is 13.3 Å². The summed E-state index contributed by atoms with van der Waals surface area (Å²) in [6, 6.07) is 0. The molecule has 0 aromatic rings. The zero-order chi connectivity index (χ0) is 10.4. The SMILES string of the molecule is CC1CNCCN(CCCN(C)C)C1. The van der Waals surface area contributed by atoms with Crippen LogP contribution in [0.5, 0.6) is 0 Å². The first-order valence-electron chi connectivity index (χ1n) is 5.76. The minimum atomic E-state index is 0.803. The van der Waals surface area contributed by atoms with E-state index in [0.717, 1.165) is 12.5 Å². The molecule has 0 aliphatic carbocycles. The summed E-state index contributed by atoms with van der Waals surface area (Å²) in [6.45, 7) is 9.62. The van der Waals surface area contributed by atoms with Gasteiger partial charge in [0.1, 0.15) is 0 Å². The van der Waals surface area contributed by atoms with Crippen LogP contribution in [0, 0.1) is 5.92 Å². The fourth-order valence-corrected chi connectivity index (χ4v) is 2.00. The van der Waals surface area contributed by atoms with E-state index in [1.54, 1.807) is 0 Å². The normalized spacial score (nSPS) is 25.3. The van der Waals surface area contributed by atoms with Crippen LogP contribution in [-0.4, -0.2) is 63.2 Å². The highest BCUT2D eigenvalue weighted by atomic mass is 15.2. The molecule has 1 aliphatic heterocycles. The molecule has 1 N–H and O–H groups in total. The third-order valence-electron chi connectivity index (χ3n) is 2.75. The lowest BCUT2D eigenvalue weighted by Crippen LogP contribution is -2.32. The lowest BCUT2D eigenvalue weighted by molar-refractivity contribution is 0.248. The highest BCUT2D eigenvalue weighted by Gasteiger charge is 2.13. The van der Waals surface area contributed by atoms with Crippen LogP contribution < -0.4 is 5.32 Å². The average Bonchev–Trinajstić information content (AvgIpc) is 2.29. The van der Waals surface area contributed by atoms with Crippen molar-refractivity contribution in [3.8, 4) is 0 Å². The lowest BCUT2D eigenvalue weighted by Gasteiger charge is -2.22. The number of nitrogens with zero attached hydrogens (tertiary/aromatic N) is 2. The van der Waals surface area contributed by atoms with Crippen LogP contribution in [0.3, 0.4) is 0 Å². The average molecular weight is 199 g/mol. The molecular formula is C11H25N3. The van der Waals surface area contributed by atoms with Gasteiger partial charge in [0, 0.05) is 19.6 Å². The molecule has 0 amide bonds. The molecule has 1 aliphatic rings. The fraction of sp³-hybridized carbons (Fsp3) is 1.00. The smallest absolute Gasteiger partial charge is 0.0107 e. The van der Waals surface area contributed by atoms with E-state index in [9.17, 15) is 0 Å². The summed E-state index contributed by atoms with van der Waals surface area (Å²) in [5, 5.41) is 3.47. The Bertz CT molecular complexity index is 147. The molecule has 3 nitrogen and oxygen atoms in total. The van der Waals surface area contributed by atoms with Gasteiger partial charge in [0.2, 0.25) is 0 Å². The molecule has 0 spiro atoms. The highest BCUT2D eigenvalue weighted by Crippen LogP contribution is 2.03. The van der Waals surface area contributed by atoms with Gasteiger partial charge in [0.25, 0.3) is 0 Å². The van der Waals surface area contributed by atoms with E-state index in [2.05, 4.69) is 36.1 Å². The van der Waals surface area contributed by atoms with E-state index in [4.69, 9.17) is 0 Å². The van der Waals surface area contributed by atoms with Crippen LogP contribution in [0.2, 0.25) is 0 Å². The first kappa shape index (κ1) is 12.0. The van der Waals surface area contributed by atoms with Gasteiger partial charge in [-0.05, 0) is 46.1 Å². The largest absolute Gasteiger partial charge is 0.315 e. The summed E-state index contributed by atoms with van der Waals surface area (Å²) in [6.07, 6.45) is 1.29. The molecule has 0 aromatic heterocycles. The Balaban J connectivity index is 2.15. The van der Waals surface area contributed by atoms with Crippen molar-refractivity contribution in [1.82, 2.24) is 15.1 Å². The van der Waals surface area contributed by atoms with Gasteiger partial charge >= 0.3 is 0 Å². The third kappa shape index (κ3) is 4.94. The van der Waals surface area contributed by atoms with E-state index >= 15 is 0 Å². The minimum absolute atomic E-state index is 0.803. The summed E-state index contributed by atoms with van der Waals surface area (Å²) in [5.74, 6) is 0.803. The van der Waals surface area contributed by atoms with Gasteiger partial charge in [-0.3, -0.25) is 0 Å².